The number of hydrogen-bond donors (Lipinski definition) is 1. The molecule has 10 heavy (non-hydrogen) atoms. The van der Waals surface area contributed by atoms with E-state index in [2.05, 4.69) is 22.6 Å². The first-order chi connectivity index (χ1) is 4.86. The molecular formula is C6H11IO3. The van der Waals surface area contributed by atoms with E-state index in [0.717, 1.165) is 4.43 Å². The van der Waals surface area contributed by atoms with E-state index in [0.29, 0.717) is 13.2 Å². The number of halogens is 1. The van der Waals surface area contributed by atoms with Crippen LogP contribution in [-0.4, -0.2) is 41.6 Å². The van der Waals surface area contributed by atoms with Gasteiger partial charge >= 0.3 is 0 Å². The zero-order valence-corrected chi connectivity index (χ0v) is 7.78. The molecule has 0 saturated carbocycles. The van der Waals surface area contributed by atoms with E-state index in [9.17, 15) is 0 Å². The number of aliphatic hydroxyl groups is 1. The lowest BCUT2D eigenvalue weighted by atomic mass is 10.3. The van der Waals surface area contributed by atoms with Gasteiger partial charge in [-0.3, -0.25) is 0 Å². The van der Waals surface area contributed by atoms with E-state index in [1.807, 2.05) is 0 Å². The zero-order valence-electron chi connectivity index (χ0n) is 5.62. The van der Waals surface area contributed by atoms with Crippen molar-refractivity contribution < 1.29 is 14.6 Å². The fourth-order valence-electron chi connectivity index (χ4n) is 0.778. The van der Waals surface area contributed by atoms with Crippen molar-refractivity contribution >= 4 is 22.6 Å². The van der Waals surface area contributed by atoms with E-state index < -0.39 is 0 Å². The van der Waals surface area contributed by atoms with Crippen LogP contribution < -0.4 is 0 Å². The third-order valence-electron chi connectivity index (χ3n) is 1.41. The Morgan fingerprint density at radius 2 is 1.90 bits per heavy atom. The van der Waals surface area contributed by atoms with Crippen LogP contribution in [0.5, 0.6) is 0 Å². The van der Waals surface area contributed by atoms with E-state index in [-0.39, 0.29) is 18.8 Å². The van der Waals surface area contributed by atoms with Gasteiger partial charge in [-0.05, 0) is 0 Å². The van der Waals surface area contributed by atoms with Crippen molar-refractivity contribution in [2.45, 2.75) is 12.2 Å². The molecule has 1 saturated heterocycles. The molecule has 2 atom stereocenters. The first-order valence-electron chi connectivity index (χ1n) is 3.27. The second kappa shape index (κ2) is 4.48. The van der Waals surface area contributed by atoms with Crippen LogP contribution in [0.3, 0.4) is 0 Å². The Morgan fingerprint density at radius 3 is 2.30 bits per heavy atom. The maximum atomic E-state index is 8.64. The first kappa shape index (κ1) is 8.70. The highest BCUT2D eigenvalue weighted by molar-refractivity contribution is 14.1. The normalized spacial score (nSPS) is 34.2. The number of alkyl halides is 1. The monoisotopic (exact) mass is 258 g/mol. The molecule has 1 N–H and O–H groups in total. The SMILES string of the molecule is OC[C@@H]1CO[C@H](CI)CO1. The maximum absolute atomic E-state index is 8.64. The standard InChI is InChI=1S/C6H11IO3/c7-1-5-3-10-6(2-8)4-9-5/h5-6,8H,1-4H2/t5-,6-/m1/s1. The lowest BCUT2D eigenvalue weighted by Gasteiger charge is -2.27. The zero-order chi connectivity index (χ0) is 7.40. The summed E-state index contributed by atoms with van der Waals surface area (Å²) in [7, 11) is 0. The fourth-order valence-corrected chi connectivity index (χ4v) is 1.29. The van der Waals surface area contributed by atoms with Crippen molar-refractivity contribution in [1.29, 1.82) is 0 Å². The number of rotatable bonds is 2. The summed E-state index contributed by atoms with van der Waals surface area (Å²) in [6.07, 6.45) is 0.127. The molecule has 0 aromatic carbocycles. The molecule has 60 valence electrons. The van der Waals surface area contributed by atoms with Crippen LogP contribution in [0.25, 0.3) is 0 Å². The molecule has 0 aromatic heterocycles. The highest BCUT2D eigenvalue weighted by Crippen LogP contribution is 2.08. The fraction of sp³-hybridized carbons (Fsp3) is 1.00. The predicted octanol–water partition coefficient (Wildman–Crippen LogP) is 0.198. The molecule has 4 heteroatoms. The molecular weight excluding hydrogens is 247 g/mol. The molecule has 1 heterocycles. The summed E-state index contributed by atoms with van der Waals surface area (Å²) in [5.74, 6) is 0. The van der Waals surface area contributed by atoms with E-state index in [4.69, 9.17) is 14.6 Å². The van der Waals surface area contributed by atoms with Crippen molar-refractivity contribution in [2.24, 2.45) is 0 Å². The second-order valence-corrected chi connectivity index (χ2v) is 3.13. The Balaban J connectivity index is 2.17. The maximum Gasteiger partial charge on any atom is 0.104 e. The van der Waals surface area contributed by atoms with Gasteiger partial charge in [-0.25, -0.2) is 0 Å². The van der Waals surface area contributed by atoms with Crippen LogP contribution in [0.4, 0.5) is 0 Å². The van der Waals surface area contributed by atoms with Crippen molar-refractivity contribution in [3.63, 3.8) is 0 Å². The summed E-state index contributed by atoms with van der Waals surface area (Å²) in [6.45, 7) is 1.21. The Kier molecular flexibility index (Phi) is 3.90. The van der Waals surface area contributed by atoms with Gasteiger partial charge < -0.3 is 14.6 Å². The van der Waals surface area contributed by atoms with Gasteiger partial charge in [0.15, 0.2) is 0 Å². The molecule has 3 nitrogen and oxygen atoms in total. The summed E-state index contributed by atoms with van der Waals surface area (Å²) in [5, 5.41) is 8.64. The average Bonchev–Trinajstić information content (AvgIpc) is 2.05. The van der Waals surface area contributed by atoms with Crippen LogP contribution in [-0.2, 0) is 9.47 Å². The lowest BCUT2D eigenvalue weighted by molar-refractivity contribution is -0.136. The Morgan fingerprint density at radius 1 is 1.30 bits per heavy atom. The van der Waals surface area contributed by atoms with Gasteiger partial charge in [-0.2, -0.15) is 0 Å². The largest absolute Gasteiger partial charge is 0.394 e. The van der Waals surface area contributed by atoms with Gasteiger partial charge in [-0.15, -0.1) is 0 Å². The molecule has 0 aliphatic carbocycles. The van der Waals surface area contributed by atoms with Crippen molar-refractivity contribution in [3.8, 4) is 0 Å². The van der Waals surface area contributed by atoms with E-state index >= 15 is 0 Å². The molecule has 1 aliphatic rings. The average molecular weight is 258 g/mol. The molecule has 0 unspecified atom stereocenters. The quantitative estimate of drug-likeness (QED) is 0.568. The summed E-state index contributed by atoms with van der Waals surface area (Å²) in [6, 6.07) is 0. The van der Waals surface area contributed by atoms with E-state index in [1.165, 1.54) is 0 Å². The van der Waals surface area contributed by atoms with Gasteiger partial charge in [0.1, 0.15) is 6.10 Å². The van der Waals surface area contributed by atoms with Gasteiger partial charge in [0.05, 0.1) is 25.9 Å². The molecule has 0 aromatic rings. The highest BCUT2D eigenvalue weighted by Gasteiger charge is 2.19. The third kappa shape index (κ3) is 2.34. The van der Waals surface area contributed by atoms with Gasteiger partial charge in [0.2, 0.25) is 0 Å². The summed E-state index contributed by atoms with van der Waals surface area (Å²) < 4.78 is 11.5. The van der Waals surface area contributed by atoms with Crippen molar-refractivity contribution in [3.05, 3.63) is 0 Å². The van der Waals surface area contributed by atoms with Crippen LogP contribution in [0, 0.1) is 0 Å². The van der Waals surface area contributed by atoms with Gasteiger partial charge in [0, 0.05) is 4.43 Å². The smallest absolute Gasteiger partial charge is 0.104 e. The van der Waals surface area contributed by atoms with Crippen molar-refractivity contribution in [2.75, 3.05) is 24.2 Å². The minimum atomic E-state index is -0.0980. The molecule has 0 radical (unpaired) electrons. The molecule has 0 spiro atoms. The molecule has 1 aliphatic heterocycles. The number of hydrogen-bond acceptors (Lipinski definition) is 3. The van der Waals surface area contributed by atoms with Crippen LogP contribution in [0.15, 0.2) is 0 Å². The van der Waals surface area contributed by atoms with Crippen LogP contribution in [0.1, 0.15) is 0 Å². The third-order valence-corrected chi connectivity index (χ3v) is 2.39. The first-order valence-corrected chi connectivity index (χ1v) is 4.79. The minimum Gasteiger partial charge on any atom is -0.394 e. The summed E-state index contributed by atoms with van der Waals surface area (Å²) in [4.78, 5) is 0. The minimum absolute atomic E-state index is 0.0635. The van der Waals surface area contributed by atoms with Crippen LogP contribution in [0.2, 0.25) is 0 Å². The Hall–Kier alpha value is 0.610. The van der Waals surface area contributed by atoms with E-state index in [1.54, 1.807) is 0 Å². The van der Waals surface area contributed by atoms with Crippen molar-refractivity contribution in [1.82, 2.24) is 0 Å². The highest BCUT2D eigenvalue weighted by atomic mass is 127. The predicted molar refractivity (Wildman–Crippen MR) is 45.5 cm³/mol. The van der Waals surface area contributed by atoms with Gasteiger partial charge in [-0.1, -0.05) is 22.6 Å². The Labute approximate surface area is 73.8 Å². The Bertz CT molecular complexity index is 79.0. The number of aliphatic hydroxyl groups excluding tert-OH is 1. The topological polar surface area (TPSA) is 38.7 Å². The second-order valence-electron chi connectivity index (χ2n) is 2.25. The molecule has 0 amide bonds. The number of ether oxygens (including phenoxy) is 2. The van der Waals surface area contributed by atoms with Gasteiger partial charge in [0.25, 0.3) is 0 Å². The summed E-state index contributed by atoms with van der Waals surface area (Å²) >= 11 is 2.26. The molecule has 1 rings (SSSR count). The summed E-state index contributed by atoms with van der Waals surface area (Å²) in [5.41, 5.74) is 0. The molecule has 0 bridgehead atoms. The lowest BCUT2D eigenvalue weighted by Crippen LogP contribution is -2.38. The molecule has 1 fully saturated rings. The van der Waals surface area contributed by atoms with Crippen LogP contribution >= 0.6 is 22.6 Å².